The van der Waals surface area contributed by atoms with Gasteiger partial charge < -0.3 is 15.0 Å². The minimum absolute atomic E-state index is 0.408. The Bertz CT molecular complexity index is 464. The van der Waals surface area contributed by atoms with E-state index in [0.29, 0.717) is 12.6 Å². The van der Waals surface area contributed by atoms with E-state index in [1.807, 2.05) is 29.4 Å². The zero-order valence-electron chi connectivity index (χ0n) is 10.7. The van der Waals surface area contributed by atoms with Crippen LogP contribution in [0.1, 0.15) is 37.3 Å². The van der Waals surface area contributed by atoms with Crippen molar-refractivity contribution in [1.29, 1.82) is 0 Å². The molecule has 98 valence electrons. The number of rotatable bonds is 6. The fourth-order valence-electron chi connectivity index (χ4n) is 1.85. The van der Waals surface area contributed by atoms with Crippen LogP contribution in [0.3, 0.4) is 0 Å². The smallest absolute Gasteiger partial charge is 0.0951 e. The summed E-state index contributed by atoms with van der Waals surface area (Å²) in [5, 5.41) is 17.2. The summed E-state index contributed by atoms with van der Waals surface area (Å²) in [6.07, 6.45) is 3.27. The van der Waals surface area contributed by atoms with Crippen molar-refractivity contribution in [2.75, 3.05) is 6.54 Å². The summed E-state index contributed by atoms with van der Waals surface area (Å²) in [7, 11) is 0. The summed E-state index contributed by atoms with van der Waals surface area (Å²) in [5.74, 6) is 0. The van der Waals surface area contributed by atoms with E-state index < -0.39 is 6.10 Å². The Kier molecular flexibility index (Phi) is 4.52. The van der Waals surface area contributed by atoms with Gasteiger partial charge in [0.05, 0.1) is 18.1 Å². The van der Waals surface area contributed by atoms with Crippen LogP contribution in [0.2, 0.25) is 0 Å². The van der Waals surface area contributed by atoms with Crippen molar-refractivity contribution < 1.29 is 5.11 Å². The number of imidazole rings is 1. The van der Waals surface area contributed by atoms with E-state index in [1.165, 1.54) is 0 Å². The van der Waals surface area contributed by atoms with Gasteiger partial charge in [0.25, 0.3) is 0 Å². The average molecular weight is 265 g/mol. The van der Waals surface area contributed by atoms with Crippen molar-refractivity contribution in [3.8, 4) is 0 Å². The monoisotopic (exact) mass is 265 g/mol. The normalized spacial score (nSPS) is 13.1. The first kappa shape index (κ1) is 13.3. The molecule has 2 aromatic rings. The highest BCUT2D eigenvalue weighted by Gasteiger charge is 2.09. The lowest BCUT2D eigenvalue weighted by Gasteiger charge is -2.14. The lowest BCUT2D eigenvalue weighted by atomic mass is 10.2. The fourth-order valence-corrected chi connectivity index (χ4v) is 2.56. The number of hydrogen-bond acceptors (Lipinski definition) is 4. The van der Waals surface area contributed by atoms with Crippen LogP contribution in [-0.2, 0) is 6.54 Å². The molecule has 0 aliphatic rings. The molecule has 0 amide bonds. The summed E-state index contributed by atoms with van der Waals surface area (Å²) in [4.78, 5) is 4.15. The van der Waals surface area contributed by atoms with Crippen molar-refractivity contribution in [1.82, 2.24) is 14.9 Å². The molecule has 0 spiro atoms. The minimum atomic E-state index is -0.438. The Balaban J connectivity index is 1.83. The van der Waals surface area contributed by atoms with E-state index in [-0.39, 0.29) is 0 Å². The van der Waals surface area contributed by atoms with E-state index in [0.717, 1.165) is 17.8 Å². The summed E-state index contributed by atoms with van der Waals surface area (Å²) >= 11 is 1.60. The Labute approximate surface area is 111 Å². The molecule has 1 atom stereocenters. The van der Waals surface area contributed by atoms with Crippen molar-refractivity contribution in [3.63, 3.8) is 0 Å². The quantitative estimate of drug-likeness (QED) is 0.843. The van der Waals surface area contributed by atoms with Crippen LogP contribution in [0, 0.1) is 0 Å². The van der Waals surface area contributed by atoms with Gasteiger partial charge in [-0.1, -0.05) is 0 Å². The summed E-state index contributed by atoms with van der Waals surface area (Å²) in [6, 6.07) is 2.36. The van der Waals surface area contributed by atoms with Gasteiger partial charge in [0.1, 0.15) is 0 Å². The minimum Gasteiger partial charge on any atom is -0.387 e. The average Bonchev–Trinajstić information content (AvgIpc) is 2.99. The van der Waals surface area contributed by atoms with Crippen LogP contribution in [0.15, 0.2) is 29.4 Å². The lowest BCUT2D eigenvalue weighted by molar-refractivity contribution is 0.174. The Morgan fingerprint density at radius 1 is 1.50 bits per heavy atom. The van der Waals surface area contributed by atoms with Crippen molar-refractivity contribution in [2.24, 2.45) is 0 Å². The van der Waals surface area contributed by atoms with Gasteiger partial charge in [-0.15, -0.1) is 0 Å². The molecular formula is C13H19N3OS. The predicted molar refractivity (Wildman–Crippen MR) is 73.6 cm³/mol. The van der Waals surface area contributed by atoms with Gasteiger partial charge in [0.15, 0.2) is 0 Å². The van der Waals surface area contributed by atoms with E-state index >= 15 is 0 Å². The molecule has 2 aromatic heterocycles. The van der Waals surface area contributed by atoms with Gasteiger partial charge in [-0.3, -0.25) is 0 Å². The molecule has 5 heteroatoms. The maximum atomic E-state index is 9.94. The number of thiophene rings is 1. The molecule has 0 aliphatic heterocycles. The van der Waals surface area contributed by atoms with Gasteiger partial charge in [0, 0.05) is 25.3 Å². The lowest BCUT2D eigenvalue weighted by Crippen LogP contribution is -2.22. The van der Waals surface area contributed by atoms with Gasteiger partial charge in [-0.2, -0.15) is 11.3 Å². The zero-order chi connectivity index (χ0) is 13.0. The topological polar surface area (TPSA) is 50.1 Å². The van der Waals surface area contributed by atoms with Gasteiger partial charge in [-0.05, 0) is 36.2 Å². The molecular weight excluding hydrogens is 246 g/mol. The molecule has 0 aliphatic carbocycles. The molecule has 0 saturated heterocycles. The first-order chi connectivity index (χ1) is 8.68. The van der Waals surface area contributed by atoms with Gasteiger partial charge >= 0.3 is 0 Å². The standard InChI is InChI=1S/C13H19N3OS/c1-10(2)16-9-15-6-12(16)5-14-7-13(17)11-3-4-18-8-11/h3-4,6,8-10,13-14,17H,5,7H2,1-2H3. The number of nitrogens with zero attached hydrogens (tertiary/aromatic N) is 2. The molecule has 18 heavy (non-hydrogen) atoms. The predicted octanol–water partition coefficient (Wildman–Crippen LogP) is 2.35. The summed E-state index contributed by atoms with van der Waals surface area (Å²) in [5.41, 5.74) is 2.12. The van der Waals surface area contributed by atoms with Crippen LogP contribution in [-0.4, -0.2) is 21.2 Å². The van der Waals surface area contributed by atoms with Crippen molar-refractivity contribution in [3.05, 3.63) is 40.6 Å². The SMILES string of the molecule is CC(C)n1cncc1CNCC(O)c1ccsc1. The molecule has 0 bridgehead atoms. The largest absolute Gasteiger partial charge is 0.387 e. The first-order valence-corrected chi connectivity index (χ1v) is 7.04. The fraction of sp³-hybridized carbons (Fsp3) is 0.462. The molecule has 0 fully saturated rings. The van der Waals surface area contributed by atoms with Gasteiger partial charge in [-0.25, -0.2) is 4.98 Å². The maximum Gasteiger partial charge on any atom is 0.0951 e. The number of hydrogen-bond donors (Lipinski definition) is 2. The molecule has 4 nitrogen and oxygen atoms in total. The third-order valence-corrected chi connectivity index (χ3v) is 3.58. The van der Waals surface area contributed by atoms with Gasteiger partial charge in [0.2, 0.25) is 0 Å². The van der Waals surface area contributed by atoms with E-state index in [1.54, 1.807) is 11.3 Å². The van der Waals surface area contributed by atoms with Crippen molar-refractivity contribution >= 4 is 11.3 Å². The van der Waals surface area contributed by atoms with E-state index in [4.69, 9.17) is 0 Å². The van der Waals surface area contributed by atoms with E-state index in [9.17, 15) is 5.11 Å². The second kappa shape index (κ2) is 6.13. The summed E-state index contributed by atoms with van der Waals surface area (Å²) < 4.78 is 2.13. The number of aliphatic hydroxyl groups is 1. The van der Waals surface area contributed by atoms with Crippen LogP contribution in [0.25, 0.3) is 0 Å². The highest BCUT2D eigenvalue weighted by Crippen LogP contribution is 2.15. The molecule has 2 rings (SSSR count). The molecule has 0 aromatic carbocycles. The van der Waals surface area contributed by atoms with Crippen LogP contribution < -0.4 is 5.32 Å². The second-order valence-electron chi connectivity index (χ2n) is 4.59. The third kappa shape index (κ3) is 3.19. The Morgan fingerprint density at radius 3 is 3.00 bits per heavy atom. The molecule has 0 saturated carbocycles. The second-order valence-corrected chi connectivity index (χ2v) is 5.37. The highest BCUT2D eigenvalue weighted by atomic mass is 32.1. The Hall–Kier alpha value is -1.17. The maximum absolute atomic E-state index is 9.94. The van der Waals surface area contributed by atoms with E-state index in [2.05, 4.69) is 28.7 Å². The van der Waals surface area contributed by atoms with Crippen molar-refractivity contribution in [2.45, 2.75) is 32.5 Å². The zero-order valence-corrected chi connectivity index (χ0v) is 11.5. The molecule has 1 unspecified atom stereocenters. The van der Waals surface area contributed by atoms with Crippen LogP contribution >= 0.6 is 11.3 Å². The molecule has 0 radical (unpaired) electrons. The number of aromatic nitrogens is 2. The third-order valence-electron chi connectivity index (χ3n) is 2.87. The Morgan fingerprint density at radius 2 is 2.33 bits per heavy atom. The van der Waals surface area contributed by atoms with Crippen LogP contribution in [0.5, 0.6) is 0 Å². The number of aliphatic hydroxyl groups excluding tert-OH is 1. The number of nitrogens with one attached hydrogen (secondary N) is 1. The first-order valence-electron chi connectivity index (χ1n) is 6.10. The van der Waals surface area contributed by atoms with Crippen LogP contribution in [0.4, 0.5) is 0 Å². The summed E-state index contributed by atoms with van der Waals surface area (Å²) in [6.45, 7) is 5.54. The molecule has 2 heterocycles. The molecule has 2 N–H and O–H groups in total. The highest BCUT2D eigenvalue weighted by molar-refractivity contribution is 7.07.